The number of halogens is 1. The molecule has 2 aliphatic rings. The Morgan fingerprint density at radius 1 is 1.50 bits per heavy atom. The first kappa shape index (κ1) is 13.9. The zero-order valence-corrected chi connectivity index (χ0v) is 12.9. The van der Waals surface area contributed by atoms with Gasteiger partial charge in [0, 0.05) is 29.9 Å². The molecule has 6 heteroatoms. The normalized spacial score (nSPS) is 21.0. The number of likely N-dealkylation sites (N-methyl/N-ethyl adjacent to an activating group) is 1. The number of amides is 1. The van der Waals surface area contributed by atoms with Crippen molar-refractivity contribution < 1.29 is 9.53 Å². The lowest BCUT2D eigenvalue weighted by Crippen LogP contribution is -2.26. The lowest BCUT2D eigenvalue weighted by atomic mass is 10.1. The molecule has 1 amide bonds. The number of carbonyl (C=O) groups excluding carboxylic acids is 1. The molecule has 5 nitrogen and oxygen atoms in total. The molecule has 0 spiro atoms. The maximum Gasteiger partial charge on any atom is 0.245 e. The molecule has 108 valence electrons. The number of nitrogens with zero attached hydrogens (tertiary/aromatic N) is 1. The molecular weight excluding hydrogens is 322 g/mol. The predicted molar refractivity (Wildman–Crippen MR) is 80.8 cm³/mol. The minimum atomic E-state index is -0.587. The highest BCUT2D eigenvalue weighted by Crippen LogP contribution is 2.37. The van der Waals surface area contributed by atoms with Gasteiger partial charge in [-0.3, -0.25) is 4.79 Å². The molecule has 1 atom stereocenters. The van der Waals surface area contributed by atoms with Crippen LogP contribution in [-0.2, 0) is 4.79 Å². The van der Waals surface area contributed by atoms with Gasteiger partial charge in [-0.1, -0.05) is 0 Å². The van der Waals surface area contributed by atoms with Crippen LogP contribution in [0.15, 0.2) is 16.6 Å². The minimum Gasteiger partial charge on any atom is -0.491 e. The fourth-order valence-corrected chi connectivity index (χ4v) is 2.87. The van der Waals surface area contributed by atoms with Crippen LogP contribution in [0.5, 0.6) is 5.75 Å². The van der Waals surface area contributed by atoms with Gasteiger partial charge in [-0.05, 0) is 41.9 Å². The van der Waals surface area contributed by atoms with E-state index in [1.54, 1.807) is 0 Å². The van der Waals surface area contributed by atoms with E-state index in [1.807, 2.05) is 12.1 Å². The van der Waals surface area contributed by atoms with Crippen molar-refractivity contribution in [3.63, 3.8) is 0 Å². The van der Waals surface area contributed by atoms with Crippen molar-refractivity contribution in [2.75, 3.05) is 25.5 Å². The summed E-state index contributed by atoms with van der Waals surface area (Å²) in [5.41, 5.74) is 7.36. The summed E-state index contributed by atoms with van der Waals surface area (Å²) in [4.78, 5) is 13.9. The molecule has 1 saturated carbocycles. The highest BCUT2D eigenvalue weighted by molar-refractivity contribution is 9.10. The molecule has 0 saturated heterocycles. The monoisotopic (exact) mass is 339 g/mol. The van der Waals surface area contributed by atoms with Crippen LogP contribution < -0.4 is 15.8 Å². The highest BCUT2D eigenvalue weighted by atomic mass is 79.9. The average Bonchev–Trinajstić information content (AvgIpc) is 3.21. The van der Waals surface area contributed by atoms with Crippen molar-refractivity contribution in [1.82, 2.24) is 4.90 Å². The summed E-state index contributed by atoms with van der Waals surface area (Å²) in [7, 11) is 2.12. The van der Waals surface area contributed by atoms with Gasteiger partial charge in [-0.2, -0.15) is 0 Å². The highest BCUT2D eigenvalue weighted by Gasteiger charge is 2.29. The topological polar surface area (TPSA) is 67.6 Å². The first-order chi connectivity index (χ1) is 9.56. The van der Waals surface area contributed by atoms with E-state index in [4.69, 9.17) is 10.5 Å². The number of carbonyl (C=O) groups is 1. The van der Waals surface area contributed by atoms with Crippen molar-refractivity contribution in [3.05, 3.63) is 22.2 Å². The summed E-state index contributed by atoms with van der Waals surface area (Å²) in [5.74, 6) is 0.569. The maximum atomic E-state index is 11.5. The Labute approximate surface area is 126 Å². The molecule has 3 rings (SSSR count). The van der Waals surface area contributed by atoms with E-state index in [-0.39, 0.29) is 5.91 Å². The molecular formula is C14H18BrN3O2. The molecule has 1 unspecified atom stereocenters. The van der Waals surface area contributed by atoms with Gasteiger partial charge in [0.25, 0.3) is 0 Å². The Morgan fingerprint density at radius 2 is 2.25 bits per heavy atom. The predicted octanol–water partition coefficient (Wildman–Crippen LogP) is 1.87. The average molecular weight is 340 g/mol. The van der Waals surface area contributed by atoms with Crippen LogP contribution in [0.2, 0.25) is 0 Å². The van der Waals surface area contributed by atoms with Crippen LogP contribution >= 0.6 is 15.9 Å². The van der Waals surface area contributed by atoms with Gasteiger partial charge in [0.15, 0.2) is 0 Å². The van der Waals surface area contributed by atoms with Crippen molar-refractivity contribution >= 4 is 27.5 Å². The summed E-state index contributed by atoms with van der Waals surface area (Å²) in [6.45, 7) is 1.53. The molecule has 1 aromatic rings. The van der Waals surface area contributed by atoms with Gasteiger partial charge in [0.2, 0.25) is 5.91 Å². The van der Waals surface area contributed by atoms with Crippen molar-refractivity contribution in [2.24, 2.45) is 5.73 Å². The number of nitrogens with one attached hydrogen (secondary N) is 1. The first-order valence-electron chi connectivity index (χ1n) is 6.79. The van der Waals surface area contributed by atoms with Crippen molar-refractivity contribution in [1.29, 1.82) is 0 Å². The third-order valence-corrected chi connectivity index (χ3v) is 4.47. The number of fused-ring (bicyclic) bond motifs is 1. The molecule has 1 aliphatic heterocycles. The number of hydrogen-bond donors (Lipinski definition) is 2. The zero-order chi connectivity index (χ0) is 14.3. The number of nitrogens with two attached hydrogens (primary N) is 1. The van der Waals surface area contributed by atoms with E-state index in [0.29, 0.717) is 6.61 Å². The van der Waals surface area contributed by atoms with E-state index in [1.165, 1.54) is 12.8 Å². The molecule has 1 fully saturated rings. The third kappa shape index (κ3) is 2.68. The van der Waals surface area contributed by atoms with Crippen molar-refractivity contribution in [3.8, 4) is 5.75 Å². The fraction of sp³-hybridized carbons (Fsp3) is 0.500. The van der Waals surface area contributed by atoms with E-state index in [0.717, 1.165) is 34.1 Å². The number of benzene rings is 1. The second kappa shape index (κ2) is 5.35. The Balaban J connectivity index is 1.65. The van der Waals surface area contributed by atoms with Crippen LogP contribution in [0, 0.1) is 0 Å². The van der Waals surface area contributed by atoms with E-state index < -0.39 is 6.04 Å². The van der Waals surface area contributed by atoms with E-state index in [9.17, 15) is 4.79 Å². The van der Waals surface area contributed by atoms with E-state index in [2.05, 4.69) is 33.2 Å². The largest absolute Gasteiger partial charge is 0.491 e. The molecule has 1 heterocycles. The number of hydrogen-bond acceptors (Lipinski definition) is 4. The SMILES string of the molecule is CN(CCOc1cc2c(cc1Br)C(N)C(=O)N2)C1CC1. The number of anilines is 1. The third-order valence-electron chi connectivity index (χ3n) is 3.85. The molecule has 20 heavy (non-hydrogen) atoms. The van der Waals surface area contributed by atoms with Gasteiger partial charge in [0.1, 0.15) is 18.4 Å². The quantitative estimate of drug-likeness (QED) is 0.859. The molecule has 1 aromatic carbocycles. The maximum absolute atomic E-state index is 11.5. The van der Waals surface area contributed by atoms with Gasteiger partial charge >= 0.3 is 0 Å². The molecule has 0 radical (unpaired) electrons. The summed E-state index contributed by atoms with van der Waals surface area (Å²) >= 11 is 3.47. The van der Waals surface area contributed by atoms with Gasteiger partial charge in [0.05, 0.1) is 4.47 Å². The van der Waals surface area contributed by atoms with Crippen LogP contribution in [0.1, 0.15) is 24.4 Å². The Hall–Kier alpha value is -1.11. The lowest BCUT2D eigenvalue weighted by molar-refractivity contribution is -0.116. The van der Waals surface area contributed by atoms with Crippen LogP contribution in [0.25, 0.3) is 0 Å². The van der Waals surface area contributed by atoms with Crippen LogP contribution in [0.3, 0.4) is 0 Å². The summed E-state index contributed by atoms with van der Waals surface area (Å²) < 4.78 is 6.63. The van der Waals surface area contributed by atoms with E-state index >= 15 is 0 Å². The summed E-state index contributed by atoms with van der Waals surface area (Å²) in [5, 5.41) is 2.77. The van der Waals surface area contributed by atoms with Crippen molar-refractivity contribution in [2.45, 2.75) is 24.9 Å². The summed E-state index contributed by atoms with van der Waals surface area (Å²) in [6.07, 6.45) is 2.59. The van der Waals surface area contributed by atoms with Crippen LogP contribution in [0.4, 0.5) is 5.69 Å². The lowest BCUT2D eigenvalue weighted by Gasteiger charge is -2.17. The second-order valence-corrected chi connectivity index (χ2v) is 6.25. The van der Waals surface area contributed by atoms with Gasteiger partial charge < -0.3 is 20.7 Å². The Morgan fingerprint density at radius 3 is 2.95 bits per heavy atom. The molecule has 0 aromatic heterocycles. The summed E-state index contributed by atoms with van der Waals surface area (Å²) in [6, 6.07) is 3.84. The first-order valence-corrected chi connectivity index (χ1v) is 7.58. The minimum absolute atomic E-state index is 0.169. The number of rotatable bonds is 5. The smallest absolute Gasteiger partial charge is 0.245 e. The standard InChI is InChI=1S/C14H18BrN3O2/c1-18(8-2-3-8)4-5-20-12-7-11-9(6-10(12)15)13(16)14(19)17-11/h6-8,13H,2-5,16H2,1H3,(H,17,19). The van der Waals surface area contributed by atoms with Gasteiger partial charge in [-0.15, -0.1) is 0 Å². The Kier molecular flexibility index (Phi) is 3.70. The molecule has 3 N–H and O–H groups in total. The molecule has 1 aliphatic carbocycles. The number of ether oxygens (including phenoxy) is 1. The Bertz CT molecular complexity index is 545. The molecule has 0 bridgehead atoms. The fourth-order valence-electron chi connectivity index (χ4n) is 2.39. The van der Waals surface area contributed by atoms with Crippen LogP contribution in [-0.4, -0.2) is 37.0 Å². The zero-order valence-electron chi connectivity index (χ0n) is 11.4. The van der Waals surface area contributed by atoms with Gasteiger partial charge in [-0.25, -0.2) is 0 Å². The second-order valence-electron chi connectivity index (χ2n) is 5.40.